The van der Waals surface area contributed by atoms with Crippen molar-refractivity contribution >= 4 is 29.2 Å². The molecule has 1 aromatic rings. The van der Waals surface area contributed by atoms with E-state index in [0.717, 1.165) is 57.7 Å². The number of carbonyl (C=O) groups is 2. The summed E-state index contributed by atoms with van der Waals surface area (Å²) in [5, 5.41) is 24.6. The van der Waals surface area contributed by atoms with E-state index in [-0.39, 0.29) is 47.4 Å². The van der Waals surface area contributed by atoms with Crippen LogP contribution in [-0.4, -0.2) is 59.0 Å². The van der Waals surface area contributed by atoms with E-state index in [0.29, 0.717) is 12.1 Å². The Bertz CT molecular complexity index is 967. The van der Waals surface area contributed by atoms with Crippen molar-refractivity contribution in [2.75, 3.05) is 26.3 Å². The van der Waals surface area contributed by atoms with Gasteiger partial charge in [-0.15, -0.1) is 0 Å². The highest BCUT2D eigenvalue weighted by Gasteiger charge is 2.24. The topological polar surface area (TPSA) is 109 Å². The number of likely N-dealkylation sites (tertiary alicyclic amines) is 1. The van der Waals surface area contributed by atoms with Crippen LogP contribution in [0.4, 0.5) is 0 Å². The number of aromatic hydroxyl groups is 2. The van der Waals surface area contributed by atoms with Gasteiger partial charge in [-0.05, 0) is 56.6 Å². The molecule has 0 saturated carbocycles. The Labute approximate surface area is 204 Å². The van der Waals surface area contributed by atoms with Crippen LogP contribution in [-0.2, 0) is 20.8 Å². The Morgan fingerprint density at radius 3 is 2.59 bits per heavy atom. The number of hydrogen-bond acceptors (Lipinski definition) is 7. The number of esters is 1. The first-order valence-electron chi connectivity index (χ1n) is 11.7. The number of benzene rings is 1. The van der Waals surface area contributed by atoms with Gasteiger partial charge in [-0.1, -0.05) is 35.0 Å². The molecule has 2 aliphatic heterocycles. The van der Waals surface area contributed by atoms with Gasteiger partial charge >= 0.3 is 5.97 Å². The van der Waals surface area contributed by atoms with E-state index < -0.39 is 11.7 Å². The Balaban J connectivity index is 1.86. The van der Waals surface area contributed by atoms with E-state index in [1.54, 1.807) is 11.0 Å². The van der Waals surface area contributed by atoms with Gasteiger partial charge in [0.25, 0.3) is 5.91 Å². The summed E-state index contributed by atoms with van der Waals surface area (Å²) in [6.07, 6.45) is 13.8. The van der Waals surface area contributed by atoms with Crippen molar-refractivity contribution in [3.05, 3.63) is 46.5 Å². The molecular weight excluding hydrogens is 460 g/mol. The first-order chi connectivity index (χ1) is 16.5. The zero-order valence-corrected chi connectivity index (χ0v) is 19.9. The fraction of sp³-hybridized carbons (Fsp3) is 0.480. The molecule has 0 radical (unpaired) electrons. The van der Waals surface area contributed by atoms with Crippen LogP contribution in [0.15, 0.2) is 35.5 Å². The fourth-order valence-corrected chi connectivity index (χ4v) is 4.09. The average Bonchev–Trinajstić information content (AvgIpc) is 2.83. The third-order valence-electron chi connectivity index (χ3n) is 5.69. The van der Waals surface area contributed by atoms with Crippen molar-refractivity contribution in [3.8, 4) is 11.5 Å². The van der Waals surface area contributed by atoms with Crippen molar-refractivity contribution in [1.29, 1.82) is 0 Å². The number of halogens is 1. The molecule has 3 rings (SSSR count). The Hall–Kier alpha value is -3.00. The summed E-state index contributed by atoms with van der Waals surface area (Å²) in [6, 6.07) is 1.01. The molecule has 2 N–H and O–H groups in total. The summed E-state index contributed by atoms with van der Waals surface area (Å²) in [5.74, 6) is -1.67. The fourth-order valence-electron chi connectivity index (χ4n) is 3.87. The zero-order valence-electron chi connectivity index (χ0n) is 19.2. The monoisotopic (exact) mass is 490 g/mol. The average molecular weight is 491 g/mol. The molecule has 0 atom stereocenters. The molecule has 2 aliphatic rings. The molecule has 1 aromatic carbocycles. The number of phenolic OH excluding ortho intramolecular Hbond substituents is 2. The van der Waals surface area contributed by atoms with Gasteiger partial charge in [0.2, 0.25) is 0 Å². The number of cyclic esters (lactones) is 1. The van der Waals surface area contributed by atoms with Gasteiger partial charge in [-0.25, -0.2) is 4.79 Å². The molecule has 0 aliphatic carbocycles. The normalized spacial score (nSPS) is 19.1. The SMILES string of the molecule is O=C1OCCCC=CCCC=CC(=NOCC(=O)N2CCCCC2)Cc2c(Cl)c(O)cc(O)c21. The molecule has 1 amide bonds. The number of hydrogen-bond donors (Lipinski definition) is 2. The van der Waals surface area contributed by atoms with Crippen LogP contribution in [0.5, 0.6) is 11.5 Å². The highest BCUT2D eigenvalue weighted by molar-refractivity contribution is 6.33. The van der Waals surface area contributed by atoms with Gasteiger partial charge in [0, 0.05) is 25.6 Å². The molecule has 0 spiro atoms. The van der Waals surface area contributed by atoms with Gasteiger partial charge in [-0.2, -0.15) is 0 Å². The van der Waals surface area contributed by atoms with Crippen LogP contribution >= 0.6 is 11.6 Å². The number of rotatable bonds is 3. The lowest BCUT2D eigenvalue weighted by Crippen LogP contribution is -2.37. The minimum Gasteiger partial charge on any atom is -0.507 e. The van der Waals surface area contributed by atoms with Gasteiger partial charge in [0.1, 0.15) is 17.1 Å². The van der Waals surface area contributed by atoms with E-state index in [9.17, 15) is 19.8 Å². The molecule has 0 bridgehead atoms. The second kappa shape index (κ2) is 13.0. The smallest absolute Gasteiger partial charge is 0.342 e. The van der Waals surface area contributed by atoms with E-state index in [1.165, 1.54) is 0 Å². The number of nitrogens with zero attached hydrogens (tertiary/aromatic N) is 2. The number of carbonyl (C=O) groups excluding carboxylic acids is 2. The summed E-state index contributed by atoms with van der Waals surface area (Å²) >= 11 is 6.32. The molecule has 2 heterocycles. The number of amides is 1. The van der Waals surface area contributed by atoms with E-state index in [1.807, 2.05) is 12.2 Å². The summed E-state index contributed by atoms with van der Waals surface area (Å²) in [7, 11) is 0. The Kier molecular flexibility index (Phi) is 9.82. The number of allylic oxidation sites excluding steroid dienone is 4. The first-order valence-corrected chi connectivity index (χ1v) is 12.0. The lowest BCUT2D eigenvalue weighted by molar-refractivity contribution is -0.137. The molecule has 0 aromatic heterocycles. The highest BCUT2D eigenvalue weighted by atomic mass is 35.5. The van der Waals surface area contributed by atoms with Gasteiger partial charge in [0.15, 0.2) is 6.61 Å². The van der Waals surface area contributed by atoms with Crippen LogP contribution < -0.4 is 0 Å². The highest BCUT2D eigenvalue weighted by Crippen LogP contribution is 2.37. The van der Waals surface area contributed by atoms with Gasteiger partial charge in [0.05, 0.1) is 17.3 Å². The van der Waals surface area contributed by atoms with Crippen LogP contribution in [0.3, 0.4) is 0 Å². The molecule has 0 unspecified atom stereocenters. The van der Waals surface area contributed by atoms with Crippen molar-refractivity contribution in [3.63, 3.8) is 0 Å². The maximum Gasteiger partial charge on any atom is 0.342 e. The summed E-state index contributed by atoms with van der Waals surface area (Å²) in [6.45, 7) is 1.42. The van der Waals surface area contributed by atoms with Crippen molar-refractivity contribution in [2.45, 2.75) is 51.4 Å². The van der Waals surface area contributed by atoms with Crippen molar-refractivity contribution in [1.82, 2.24) is 4.90 Å². The molecule has 184 valence electrons. The van der Waals surface area contributed by atoms with Crippen LogP contribution in [0, 0.1) is 0 Å². The third kappa shape index (κ3) is 7.25. The van der Waals surface area contributed by atoms with Crippen LogP contribution in [0.25, 0.3) is 0 Å². The number of fused-ring (bicyclic) bond motifs is 1. The molecule has 1 saturated heterocycles. The minimum atomic E-state index is -0.738. The van der Waals surface area contributed by atoms with Crippen molar-refractivity contribution < 1.29 is 29.4 Å². The number of piperidine rings is 1. The summed E-state index contributed by atoms with van der Waals surface area (Å²) in [5.41, 5.74) is 0.427. The van der Waals surface area contributed by atoms with E-state index >= 15 is 0 Å². The quantitative estimate of drug-likeness (QED) is 0.366. The third-order valence-corrected chi connectivity index (χ3v) is 6.11. The minimum absolute atomic E-state index is 0.0184. The maximum absolute atomic E-state index is 12.7. The summed E-state index contributed by atoms with van der Waals surface area (Å²) < 4.78 is 5.32. The zero-order chi connectivity index (χ0) is 24.3. The molecule has 1 fully saturated rings. The lowest BCUT2D eigenvalue weighted by atomic mass is 9.99. The second-order valence-electron chi connectivity index (χ2n) is 8.29. The number of ether oxygens (including phenoxy) is 1. The van der Waals surface area contributed by atoms with Gasteiger partial charge in [-0.3, -0.25) is 4.79 Å². The van der Waals surface area contributed by atoms with Gasteiger partial charge < -0.3 is 24.7 Å². The van der Waals surface area contributed by atoms with E-state index in [2.05, 4.69) is 11.2 Å². The van der Waals surface area contributed by atoms with Crippen molar-refractivity contribution in [2.24, 2.45) is 5.16 Å². The lowest BCUT2D eigenvalue weighted by Gasteiger charge is -2.26. The molecular formula is C25H31ClN2O6. The summed E-state index contributed by atoms with van der Waals surface area (Å²) in [4.78, 5) is 32.3. The number of oxime groups is 1. The Morgan fingerprint density at radius 2 is 1.79 bits per heavy atom. The molecule has 9 heteroatoms. The predicted molar refractivity (Wildman–Crippen MR) is 129 cm³/mol. The number of phenols is 2. The molecule has 8 nitrogen and oxygen atoms in total. The van der Waals surface area contributed by atoms with Crippen LogP contribution in [0.2, 0.25) is 5.02 Å². The first kappa shape index (κ1) is 25.6. The van der Waals surface area contributed by atoms with E-state index in [4.69, 9.17) is 21.2 Å². The maximum atomic E-state index is 12.7. The second-order valence-corrected chi connectivity index (χ2v) is 8.66. The predicted octanol–water partition coefficient (Wildman–Crippen LogP) is 4.52. The Morgan fingerprint density at radius 1 is 1.06 bits per heavy atom. The standard InChI is InChI=1S/C25H31ClN2O6/c26-24-19-15-18(27-34-17-22(31)28-12-8-6-9-13-28)11-7-4-2-1-3-5-10-14-33-25(32)23(19)20(29)16-21(24)30/h1,3,7,11,16,29-30H,2,4-6,8-10,12-15,17H2. The van der Waals surface area contributed by atoms with Crippen LogP contribution in [0.1, 0.15) is 60.9 Å². The largest absolute Gasteiger partial charge is 0.507 e. The molecule has 34 heavy (non-hydrogen) atoms.